The number of benzene rings is 2. The third-order valence-corrected chi connectivity index (χ3v) is 7.29. The van der Waals surface area contributed by atoms with E-state index < -0.39 is 0 Å². The van der Waals surface area contributed by atoms with Gasteiger partial charge in [-0.25, -0.2) is 9.18 Å². The lowest BCUT2D eigenvalue weighted by molar-refractivity contribution is -0.133. The van der Waals surface area contributed by atoms with Crippen LogP contribution in [0.5, 0.6) is 0 Å². The lowest BCUT2D eigenvalue weighted by Crippen LogP contribution is -2.46. The van der Waals surface area contributed by atoms with Gasteiger partial charge in [0.05, 0.1) is 6.54 Å². The summed E-state index contributed by atoms with van der Waals surface area (Å²) in [6.07, 6.45) is 2.33. The number of hydrogen-bond donors (Lipinski definition) is 1. The second kappa shape index (κ2) is 12.6. The Bertz CT molecular complexity index is 1130. The fourth-order valence-corrected chi connectivity index (χ4v) is 5.21. The number of anilines is 1. The first-order valence-corrected chi connectivity index (χ1v) is 13.2. The van der Waals surface area contributed by atoms with Crippen LogP contribution in [0.1, 0.15) is 28.2 Å². The molecule has 1 saturated heterocycles. The molecule has 0 atom stereocenters. The number of rotatable bonds is 10. The number of urea groups is 1. The SMILES string of the molecule is Cc1ccc(CN(Cc2ccc(F)cc2)C(=O)CN(CCN2CCCC2)C(=O)Nc2ccccc2)s1. The van der Waals surface area contributed by atoms with E-state index in [2.05, 4.69) is 10.2 Å². The van der Waals surface area contributed by atoms with E-state index in [-0.39, 0.29) is 24.3 Å². The first-order chi connectivity index (χ1) is 17.5. The fourth-order valence-electron chi connectivity index (χ4n) is 4.31. The van der Waals surface area contributed by atoms with Crippen molar-refractivity contribution < 1.29 is 14.0 Å². The molecule has 1 aliphatic rings. The number of likely N-dealkylation sites (tertiary alicyclic amines) is 1. The van der Waals surface area contributed by atoms with Gasteiger partial charge in [0, 0.05) is 35.1 Å². The molecule has 0 saturated carbocycles. The highest BCUT2D eigenvalue weighted by molar-refractivity contribution is 7.11. The van der Waals surface area contributed by atoms with Gasteiger partial charge in [-0.2, -0.15) is 0 Å². The van der Waals surface area contributed by atoms with Gasteiger partial charge in [0.1, 0.15) is 12.4 Å². The molecular weight excluding hydrogens is 475 g/mol. The van der Waals surface area contributed by atoms with E-state index in [4.69, 9.17) is 0 Å². The van der Waals surface area contributed by atoms with Crippen molar-refractivity contribution in [1.29, 1.82) is 0 Å². The molecule has 3 amide bonds. The van der Waals surface area contributed by atoms with E-state index in [0.29, 0.717) is 25.3 Å². The van der Waals surface area contributed by atoms with Gasteiger partial charge in [0.25, 0.3) is 0 Å². The minimum Gasteiger partial charge on any atom is -0.332 e. The average molecular weight is 509 g/mol. The highest BCUT2D eigenvalue weighted by Crippen LogP contribution is 2.19. The summed E-state index contributed by atoms with van der Waals surface area (Å²) in [5, 5.41) is 2.93. The van der Waals surface area contributed by atoms with E-state index in [1.54, 1.807) is 33.3 Å². The van der Waals surface area contributed by atoms with E-state index >= 15 is 0 Å². The number of carbonyl (C=O) groups excluding carboxylic acids is 2. The summed E-state index contributed by atoms with van der Waals surface area (Å²) in [6.45, 7) is 6.04. The standard InChI is InChI=1S/C28H33FN4O2S/c1-22-9-14-26(36-22)20-33(19-23-10-12-24(29)13-11-23)27(34)21-32(18-17-31-15-5-6-16-31)28(35)30-25-7-3-2-4-8-25/h2-4,7-14H,5-6,15-21H2,1H3,(H,30,35). The zero-order valence-electron chi connectivity index (χ0n) is 20.7. The van der Waals surface area contributed by atoms with Gasteiger partial charge in [-0.15, -0.1) is 11.3 Å². The van der Waals surface area contributed by atoms with Crippen LogP contribution in [0.4, 0.5) is 14.9 Å². The van der Waals surface area contributed by atoms with Crippen LogP contribution in [-0.2, 0) is 17.9 Å². The number of amides is 3. The van der Waals surface area contributed by atoms with E-state index in [0.717, 1.165) is 30.1 Å². The average Bonchev–Trinajstić information content (AvgIpc) is 3.54. The summed E-state index contributed by atoms with van der Waals surface area (Å²) in [5.74, 6) is -0.453. The molecule has 1 aromatic heterocycles. The van der Waals surface area contributed by atoms with Crippen LogP contribution in [0.15, 0.2) is 66.7 Å². The zero-order valence-corrected chi connectivity index (χ0v) is 21.5. The van der Waals surface area contributed by atoms with Crippen LogP contribution in [-0.4, -0.2) is 59.4 Å². The lowest BCUT2D eigenvalue weighted by atomic mass is 10.2. The van der Waals surface area contributed by atoms with Crippen LogP contribution < -0.4 is 5.32 Å². The number of hydrogen-bond acceptors (Lipinski definition) is 4. The molecule has 0 spiro atoms. The molecule has 1 fully saturated rings. The molecule has 0 bridgehead atoms. The van der Waals surface area contributed by atoms with E-state index in [1.807, 2.05) is 49.4 Å². The Morgan fingerprint density at radius 1 is 0.944 bits per heavy atom. The molecule has 0 unspecified atom stereocenters. The highest BCUT2D eigenvalue weighted by Gasteiger charge is 2.24. The molecular formula is C28H33FN4O2S. The molecule has 6 nitrogen and oxygen atoms in total. The van der Waals surface area contributed by atoms with Crippen molar-refractivity contribution in [2.24, 2.45) is 0 Å². The quantitative estimate of drug-likeness (QED) is 0.401. The van der Waals surface area contributed by atoms with Gasteiger partial charge in [0.2, 0.25) is 5.91 Å². The number of nitrogens with zero attached hydrogens (tertiary/aromatic N) is 3. The van der Waals surface area contributed by atoms with Crippen LogP contribution >= 0.6 is 11.3 Å². The number of halogens is 1. The number of thiophene rings is 1. The second-order valence-electron chi connectivity index (χ2n) is 9.16. The molecule has 1 aliphatic heterocycles. The smallest absolute Gasteiger partial charge is 0.322 e. The first-order valence-electron chi connectivity index (χ1n) is 12.4. The highest BCUT2D eigenvalue weighted by atomic mass is 32.1. The molecule has 1 N–H and O–H groups in total. The maximum Gasteiger partial charge on any atom is 0.322 e. The fraction of sp³-hybridized carbons (Fsp3) is 0.357. The van der Waals surface area contributed by atoms with Crippen molar-refractivity contribution in [2.45, 2.75) is 32.9 Å². The first kappa shape index (κ1) is 25.9. The predicted molar refractivity (Wildman–Crippen MR) is 142 cm³/mol. The maximum absolute atomic E-state index is 13.6. The lowest BCUT2D eigenvalue weighted by Gasteiger charge is -2.29. The largest absolute Gasteiger partial charge is 0.332 e. The number of nitrogens with one attached hydrogen (secondary N) is 1. The minimum absolute atomic E-state index is 0.0297. The van der Waals surface area contributed by atoms with E-state index in [1.165, 1.54) is 29.9 Å². The Labute approximate surface area is 216 Å². The van der Waals surface area contributed by atoms with Crippen LogP contribution in [0.3, 0.4) is 0 Å². The summed E-state index contributed by atoms with van der Waals surface area (Å²) in [4.78, 5) is 34.8. The third kappa shape index (κ3) is 7.63. The number of para-hydroxylation sites is 1. The van der Waals surface area contributed by atoms with Gasteiger partial charge < -0.3 is 20.0 Å². The summed E-state index contributed by atoms with van der Waals surface area (Å²) >= 11 is 1.65. The summed E-state index contributed by atoms with van der Waals surface area (Å²) < 4.78 is 13.5. The van der Waals surface area contributed by atoms with Crippen LogP contribution in [0.25, 0.3) is 0 Å². The molecule has 2 aromatic carbocycles. The van der Waals surface area contributed by atoms with Crippen molar-refractivity contribution in [3.8, 4) is 0 Å². The Kier molecular flexibility index (Phi) is 9.08. The second-order valence-corrected chi connectivity index (χ2v) is 10.5. The normalized spacial score (nSPS) is 13.5. The third-order valence-electron chi connectivity index (χ3n) is 6.31. The molecule has 0 aliphatic carbocycles. The van der Waals surface area contributed by atoms with Crippen LogP contribution in [0, 0.1) is 12.7 Å². The Morgan fingerprint density at radius 3 is 2.33 bits per heavy atom. The Balaban J connectivity index is 1.49. The molecule has 3 aromatic rings. The number of aryl methyl sites for hydroxylation is 1. The summed E-state index contributed by atoms with van der Waals surface area (Å²) in [5.41, 5.74) is 1.54. The van der Waals surface area contributed by atoms with Gasteiger partial charge >= 0.3 is 6.03 Å². The summed E-state index contributed by atoms with van der Waals surface area (Å²) in [7, 11) is 0. The van der Waals surface area contributed by atoms with Crippen molar-refractivity contribution in [1.82, 2.24) is 14.7 Å². The summed E-state index contributed by atoms with van der Waals surface area (Å²) in [6, 6.07) is 19.3. The minimum atomic E-state index is -0.309. The zero-order chi connectivity index (χ0) is 25.3. The van der Waals surface area contributed by atoms with Crippen LogP contribution in [0.2, 0.25) is 0 Å². The van der Waals surface area contributed by atoms with Gasteiger partial charge in [0.15, 0.2) is 0 Å². The van der Waals surface area contributed by atoms with Crippen molar-refractivity contribution in [3.63, 3.8) is 0 Å². The molecule has 8 heteroatoms. The molecule has 0 radical (unpaired) electrons. The Hall–Kier alpha value is -3.23. The predicted octanol–water partition coefficient (Wildman–Crippen LogP) is 5.35. The number of carbonyl (C=O) groups is 2. The topological polar surface area (TPSA) is 55.9 Å². The van der Waals surface area contributed by atoms with Crippen molar-refractivity contribution in [3.05, 3.63) is 87.9 Å². The van der Waals surface area contributed by atoms with E-state index in [9.17, 15) is 14.0 Å². The Morgan fingerprint density at radius 2 is 1.67 bits per heavy atom. The van der Waals surface area contributed by atoms with Gasteiger partial charge in [-0.1, -0.05) is 30.3 Å². The molecule has 4 rings (SSSR count). The van der Waals surface area contributed by atoms with Crippen molar-refractivity contribution >= 4 is 29.0 Å². The molecule has 36 heavy (non-hydrogen) atoms. The van der Waals surface area contributed by atoms with Gasteiger partial charge in [-0.3, -0.25) is 4.79 Å². The maximum atomic E-state index is 13.6. The van der Waals surface area contributed by atoms with Gasteiger partial charge in [-0.05, 0) is 74.8 Å². The molecule has 2 heterocycles. The molecule has 190 valence electrons. The monoisotopic (exact) mass is 508 g/mol. The van der Waals surface area contributed by atoms with Crippen molar-refractivity contribution in [2.75, 3.05) is 38.0 Å².